The van der Waals surface area contributed by atoms with Crippen LogP contribution >= 0.6 is 12.6 Å². The topological polar surface area (TPSA) is 63.4 Å². The van der Waals surface area contributed by atoms with Crippen molar-refractivity contribution < 1.29 is 10.0 Å². The Hall–Kier alpha value is -1.07. The second-order valence-corrected chi connectivity index (χ2v) is 3.70. The molecule has 76 valence electrons. The number of nitro groups is 1. The van der Waals surface area contributed by atoms with Crippen molar-refractivity contribution in [2.24, 2.45) is 0 Å². The Morgan fingerprint density at radius 2 is 2.29 bits per heavy atom. The van der Waals surface area contributed by atoms with Crippen LogP contribution in [0.15, 0.2) is 24.3 Å². The van der Waals surface area contributed by atoms with E-state index in [9.17, 15) is 10.1 Å². The molecule has 0 aliphatic rings. The molecular formula is C9H11NO3S. The van der Waals surface area contributed by atoms with E-state index in [4.69, 9.17) is 5.11 Å². The molecule has 0 spiro atoms. The molecule has 0 fully saturated rings. The van der Waals surface area contributed by atoms with E-state index in [0.29, 0.717) is 6.42 Å². The van der Waals surface area contributed by atoms with Gasteiger partial charge in [0.2, 0.25) is 0 Å². The molecule has 0 saturated heterocycles. The lowest BCUT2D eigenvalue weighted by atomic mass is 10.1. The molecule has 1 unspecified atom stereocenters. The minimum atomic E-state index is -0.435. The van der Waals surface area contributed by atoms with E-state index in [-0.39, 0.29) is 17.5 Å². The van der Waals surface area contributed by atoms with Crippen LogP contribution < -0.4 is 0 Å². The predicted octanol–water partition coefficient (Wildman–Crippen LogP) is 1.43. The van der Waals surface area contributed by atoms with Crippen molar-refractivity contribution in [3.8, 4) is 0 Å². The largest absolute Gasteiger partial charge is 0.395 e. The minimum Gasteiger partial charge on any atom is -0.395 e. The van der Waals surface area contributed by atoms with Crippen molar-refractivity contribution in [2.45, 2.75) is 11.7 Å². The highest BCUT2D eigenvalue weighted by Gasteiger charge is 2.08. The van der Waals surface area contributed by atoms with Crippen molar-refractivity contribution in [2.75, 3.05) is 6.61 Å². The van der Waals surface area contributed by atoms with Crippen LogP contribution in [0.2, 0.25) is 0 Å². The Labute approximate surface area is 87.1 Å². The lowest BCUT2D eigenvalue weighted by Crippen LogP contribution is -2.08. The van der Waals surface area contributed by atoms with Gasteiger partial charge in [-0.05, 0) is 12.0 Å². The van der Waals surface area contributed by atoms with Crippen LogP contribution in [0.1, 0.15) is 5.56 Å². The molecule has 0 heterocycles. The van der Waals surface area contributed by atoms with Gasteiger partial charge >= 0.3 is 0 Å². The monoisotopic (exact) mass is 213 g/mol. The van der Waals surface area contributed by atoms with E-state index in [2.05, 4.69) is 12.6 Å². The molecule has 4 nitrogen and oxygen atoms in total. The lowest BCUT2D eigenvalue weighted by molar-refractivity contribution is -0.384. The smallest absolute Gasteiger partial charge is 0.269 e. The van der Waals surface area contributed by atoms with E-state index >= 15 is 0 Å². The first-order valence-corrected chi connectivity index (χ1v) is 4.67. The highest BCUT2D eigenvalue weighted by atomic mass is 32.1. The fourth-order valence-electron chi connectivity index (χ4n) is 1.13. The second kappa shape index (κ2) is 4.97. The van der Waals surface area contributed by atoms with E-state index in [1.54, 1.807) is 12.1 Å². The Morgan fingerprint density at radius 1 is 1.57 bits per heavy atom. The number of thiol groups is 1. The Kier molecular flexibility index (Phi) is 3.91. The van der Waals surface area contributed by atoms with Gasteiger partial charge in [0.15, 0.2) is 0 Å². The van der Waals surface area contributed by atoms with E-state index in [0.717, 1.165) is 5.56 Å². The first kappa shape index (κ1) is 11.0. The Morgan fingerprint density at radius 3 is 2.86 bits per heavy atom. The number of aliphatic hydroxyl groups is 1. The summed E-state index contributed by atoms with van der Waals surface area (Å²) in [7, 11) is 0. The third-order valence-corrected chi connectivity index (χ3v) is 2.15. The van der Waals surface area contributed by atoms with Gasteiger partial charge in [0.1, 0.15) is 0 Å². The molecule has 1 aromatic rings. The lowest BCUT2D eigenvalue weighted by Gasteiger charge is -2.06. The van der Waals surface area contributed by atoms with Crippen molar-refractivity contribution >= 4 is 18.3 Å². The summed E-state index contributed by atoms with van der Waals surface area (Å²) in [5.41, 5.74) is 0.884. The molecule has 5 heteroatoms. The van der Waals surface area contributed by atoms with Crippen LogP contribution in [0, 0.1) is 10.1 Å². The summed E-state index contributed by atoms with van der Waals surface area (Å²) in [6.45, 7) is -0.0359. The molecular weight excluding hydrogens is 202 g/mol. The summed E-state index contributed by atoms with van der Waals surface area (Å²) >= 11 is 4.11. The fourth-order valence-corrected chi connectivity index (χ4v) is 1.34. The number of benzene rings is 1. The van der Waals surface area contributed by atoms with Gasteiger partial charge in [-0.3, -0.25) is 10.1 Å². The summed E-state index contributed by atoms with van der Waals surface area (Å²) in [6.07, 6.45) is 0.529. The number of nitrogens with zero attached hydrogens (tertiary/aromatic N) is 1. The maximum absolute atomic E-state index is 10.4. The van der Waals surface area contributed by atoms with Crippen LogP contribution in [0.3, 0.4) is 0 Å². The average Bonchev–Trinajstić information content (AvgIpc) is 2.18. The Bertz CT molecular complexity index is 330. The SMILES string of the molecule is O=[N+]([O-])c1cccc(CC(S)CO)c1. The summed E-state index contributed by atoms with van der Waals surface area (Å²) < 4.78 is 0. The molecule has 1 rings (SSSR count). The van der Waals surface area contributed by atoms with Gasteiger partial charge in [-0.15, -0.1) is 0 Å². The van der Waals surface area contributed by atoms with Crippen LogP contribution in [-0.2, 0) is 6.42 Å². The highest BCUT2D eigenvalue weighted by Crippen LogP contribution is 2.15. The summed E-state index contributed by atoms with van der Waals surface area (Å²) in [5.74, 6) is 0. The highest BCUT2D eigenvalue weighted by molar-refractivity contribution is 7.81. The number of aliphatic hydroxyl groups excluding tert-OH is 1. The molecule has 0 aromatic heterocycles. The molecule has 0 aliphatic heterocycles. The standard InChI is InChI=1S/C9H11NO3S/c11-6-9(14)5-7-2-1-3-8(4-7)10(12)13/h1-4,9,11,14H,5-6H2. The number of nitro benzene ring substituents is 1. The number of hydrogen-bond acceptors (Lipinski definition) is 4. The zero-order valence-corrected chi connectivity index (χ0v) is 8.35. The third kappa shape index (κ3) is 3.01. The minimum absolute atomic E-state index is 0.0359. The van der Waals surface area contributed by atoms with Gasteiger partial charge in [-0.2, -0.15) is 12.6 Å². The van der Waals surface area contributed by atoms with Crippen molar-refractivity contribution in [3.05, 3.63) is 39.9 Å². The van der Waals surface area contributed by atoms with E-state index < -0.39 is 4.92 Å². The van der Waals surface area contributed by atoms with Gasteiger partial charge in [0.05, 0.1) is 11.5 Å². The van der Waals surface area contributed by atoms with Gasteiger partial charge in [0, 0.05) is 17.4 Å². The number of rotatable bonds is 4. The molecule has 0 amide bonds. The molecule has 0 saturated carbocycles. The van der Waals surface area contributed by atoms with E-state index in [1.807, 2.05) is 0 Å². The zero-order chi connectivity index (χ0) is 10.6. The molecule has 1 N–H and O–H groups in total. The van der Waals surface area contributed by atoms with Gasteiger partial charge < -0.3 is 5.11 Å². The molecule has 1 atom stereocenters. The van der Waals surface area contributed by atoms with Crippen LogP contribution in [-0.4, -0.2) is 21.9 Å². The van der Waals surface area contributed by atoms with Crippen LogP contribution in [0.5, 0.6) is 0 Å². The summed E-state index contributed by atoms with van der Waals surface area (Å²) in [4.78, 5) is 10.0. The maximum Gasteiger partial charge on any atom is 0.269 e. The van der Waals surface area contributed by atoms with Crippen LogP contribution in [0.4, 0.5) is 5.69 Å². The second-order valence-electron chi connectivity index (χ2n) is 2.97. The summed E-state index contributed by atoms with van der Waals surface area (Å²) in [6, 6.07) is 6.35. The zero-order valence-electron chi connectivity index (χ0n) is 7.46. The quantitative estimate of drug-likeness (QED) is 0.452. The maximum atomic E-state index is 10.4. The Balaban J connectivity index is 2.78. The molecule has 14 heavy (non-hydrogen) atoms. The predicted molar refractivity (Wildman–Crippen MR) is 56.7 cm³/mol. The van der Waals surface area contributed by atoms with Gasteiger partial charge in [-0.25, -0.2) is 0 Å². The van der Waals surface area contributed by atoms with Gasteiger partial charge in [-0.1, -0.05) is 12.1 Å². The summed E-state index contributed by atoms with van der Waals surface area (Å²) in [5, 5.41) is 19.0. The number of hydrogen-bond donors (Lipinski definition) is 2. The molecule has 0 bridgehead atoms. The third-order valence-electron chi connectivity index (χ3n) is 1.80. The molecule has 0 radical (unpaired) electrons. The normalized spacial score (nSPS) is 12.4. The van der Waals surface area contributed by atoms with E-state index in [1.165, 1.54) is 12.1 Å². The van der Waals surface area contributed by atoms with Gasteiger partial charge in [0.25, 0.3) is 5.69 Å². The average molecular weight is 213 g/mol. The van der Waals surface area contributed by atoms with Crippen molar-refractivity contribution in [1.82, 2.24) is 0 Å². The fraction of sp³-hybridized carbons (Fsp3) is 0.333. The molecule has 0 aliphatic carbocycles. The van der Waals surface area contributed by atoms with Crippen molar-refractivity contribution in [3.63, 3.8) is 0 Å². The number of non-ortho nitro benzene ring substituents is 1. The first-order valence-electron chi connectivity index (χ1n) is 4.15. The first-order chi connectivity index (χ1) is 6.63. The van der Waals surface area contributed by atoms with Crippen LogP contribution in [0.25, 0.3) is 0 Å². The molecule has 1 aromatic carbocycles. The van der Waals surface area contributed by atoms with Crippen molar-refractivity contribution in [1.29, 1.82) is 0 Å².